The highest BCUT2D eigenvalue weighted by atomic mass is 19.1. The molecule has 0 unspecified atom stereocenters. The number of phenolic OH excluding ortho intramolecular Hbond substituents is 1. The van der Waals surface area contributed by atoms with Gasteiger partial charge in [-0.2, -0.15) is 0 Å². The molecule has 1 aliphatic heterocycles. The normalized spacial score (nSPS) is 13.1. The fourth-order valence-corrected chi connectivity index (χ4v) is 4.05. The highest BCUT2D eigenvalue weighted by molar-refractivity contribution is 5.76. The second-order valence-corrected chi connectivity index (χ2v) is 9.70. The number of nitrogen functional groups attached to an aromatic ring is 1. The number of morpholine rings is 1. The van der Waals surface area contributed by atoms with E-state index in [0.717, 1.165) is 11.3 Å². The summed E-state index contributed by atoms with van der Waals surface area (Å²) in [6, 6.07) is 12.6. The number of nitroso groups, excluding NO2 is 1. The molecule has 0 aromatic heterocycles. The van der Waals surface area contributed by atoms with Crippen LogP contribution in [0.3, 0.4) is 0 Å². The molecule has 0 amide bonds. The second-order valence-electron chi connectivity index (χ2n) is 9.70. The fourth-order valence-electron chi connectivity index (χ4n) is 4.05. The van der Waals surface area contributed by atoms with E-state index in [-0.39, 0.29) is 29.1 Å². The minimum Gasteiger partial charge on any atom is -0.505 e. The first-order chi connectivity index (χ1) is 19.1. The molecule has 3 aromatic carbocycles. The summed E-state index contributed by atoms with van der Waals surface area (Å²) < 4.78 is 34.0. The third-order valence-electron chi connectivity index (χ3n) is 6.26. The molecule has 1 heterocycles. The molecular formula is C30H41F2N5O3. The number of benzene rings is 3. The number of aryl methyl sites for hydroxylation is 1. The Morgan fingerprint density at radius 3 is 2.25 bits per heavy atom. The molecule has 0 bridgehead atoms. The van der Waals surface area contributed by atoms with Gasteiger partial charge in [0.15, 0.2) is 0 Å². The molecular weight excluding hydrogens is 516 g/mol. The average Bonchev–Trinajstić information content (AvgIpc) is 2.93. The number of nitrogens with zero attached hydrogens (tertiary/aromatic N) is 3. The lowest BCUT2D eigenvalue weighted by Gasteiger charge is -2.27. The van der Waals surface area contributed by atoms with E-state index in [1.54, 1.807) is 18.2 Å². The number of halogens is 2. The SMILES string of the molecule is CCCN(C)C.CNc1ccc(N=O)c(C)c1.Nc1cccc(-c2cc(F)c(CN3CCOCC3)c(F)c2)c1O. The van der Waals surface area contributed by atoms with E-state index < -0.39 is 11.6 Å². The van der Waals surface area contributed by atoms with Crippen LogP contribution in [0.5, 0.6) is 5.75 Å². The summed E-state index contributed by atoms with van der Waals surface area (Å²) in [5.74, 6) is -1.44. The molecule has 0 radical (unpaired) electrons. The molecule has 8 nitrogen and oxygen atoms in total. The van der Waals surface area contributed by atoms with E-state index >= 15 is 0 Å². The van der Waals surface area contributed by atoms with Crippen molar-refractivity contribution in [3.63, 3.8) is 0 Å². The zero-order chi connectivity index (χ0) is 29.7. The summed E-state index contributed by atoms with van der Waals surface area (Å²) in [5.41, 5.74) is 8.79. The Hall–Kier alpha value is -3.60. The lowest BCUT2D eigenvalue weighted by atomic mass is 10.0. The van der Waals surface area contributed by atoms with Gasteiger partial charge in [-0.1, -0.05) is 19.1 Å². The van der Waals surface area contributed by atoms with E-state index in [0.29, 0.717) is 37.6 Å². The molecule has 4 rings (SSSR count). The Morgan fingerprint density at radius 2 is 1.75 bits per heavy atom. The number of nitrogens with one attached hydrogen (secondary N) is 1. The van der Waals surface area contributed by atoms with Gasteiger partial charge in [-0.25, -0.2) is 8.78 Å². The van der Waals surface area contributed by atoms with E-state index in [2.05, 4.69) is 36.4 Å². The number of hydrogen-bond donors (Lipinski definition) is 3. The fraction of sp³-hybridized carbons (Fsp3) is 0.400. The maximum absolute atomic E-state index is 14.4. The smallest absolute Gasteiger partial charge is 0.146 e. The largest absolute Gasteiger partial charge is 0.505 e. The average molecular weight is 558 g/mol. The van der Waals surface area contributed by atoms with Gasteiger partial charge in [0.05, 0.1) is 18.9 Å². The number of phenols is 1. The molecule has 1 aliphatic rings. The van der Waals surface area contributed by atoms with Crippen LogP contribution in [0.2, 0.25) is 0 Å². The molecule has 4 N–H and O–H groups in total. The molecule has 0 atom stereocenters. The molecule has 1 fully saturated rings. The number of aromatic hydroxyl groups is 1. The minimum atomic E-state index is -0.631. The molecule has 10 heteroatoms. The van der Waals surface area contributed by atoms with Gasteiger partial charge in [0.1, 0.15) is 23.1 Å². The lowest BCUT2D eigenvalue weighted by molar-refractivity contribution is 0.0332. The van der Waals surface area contributed by atoms with Crippen molar-refractivity contribution < 1.29 is 18.6 Å². The third kappa shape index (κ3) is 9.86. The Balaban J connectivity index is 0.000000273. The minimum absolute atomic E-state index is 0.0269. The predicted molar refractivity (Wildman–Crippen MR) is 159 cm³/mol. The monoisotopic (exact) mass is 557 g/mol. The topological polar surface area (TPSA) is 103 Å². The number of para-hydroxylation sites is 1. The van der Waals surface area contributed by atoms with E-state index in [1.807, 2.05) is 31.0 Å². The van der Waals surface area contributed by atoms with Gasteiger partial charge < -0.3 is 25.8 Å². The molecule has 1 saturated heterocycles. The Bertz CT molecular complexity index is 1210. The van der Waals surface area contributed by atoms with Crippen molar-refractivity contribution in [2.24, 2.45) is 5.18 Å². The van der Waals surface area contributed by atoms with Gasteiger partial charge in [0.25, 0.3) is 0 Å². The summed E-state index contributed by atoms with van der Waals surface area (Å²) in [4.78, 5) is 14.3. The van der Waals surface area contributed by atoms with Crippen molar-refractivity contribution in [1.29, 1.82) is 0 Å². The van der Waals surface area contributed by atoms with Crippen LogP contribution in [0.25, 0.3) is 11.1 Å². The maximum atomic E-state index is 14.4. The lowest BCUT2D eigenvalue weighted by Crippen LogP contribution is -2.36. The second kappa shape index (κ2) is 16.5. The summed E-state index contributed by atoms with van der Waals surface area (Å²) in [6.07, 6.45) is 1.26. The van der Waals surface area contributed by atoms with Crippen LogP contribution < -0.4 is 11.1 Å². The standard InChI is InChI=1S/C17H18F2N2O2.C8H10N2O.C5H13N/c18-14-8-11(12-2-1-3-16(20)17(12)22)9-15(19)13(14)10-21-4-6-23-7-5-21;1-6-5-7(9-2)3-4-8(6)10-11;1-4-5-6(2)3/h1-3,8-9,22H,4-7,10,20H2;3-5,9H,1-2H3;4-5H2,1-3H3. The van der Waals surface area contributed by atoms with Crippen molar-refractivity contribution in [3.05, 3.63) is 76.2 Å². The van der Waals surface area contributed by atoms with Crippen LogP contribution in [0.1, 0.15) is 24.5 Å². The number of ether oxygens (including phenoxy) is 1. The van der Waals surface area contributed by atoms with Crippen LogP contribution in [0, 0.1) is 23.5 Å². The van der Waals surface area contributed by atoms with Crippen LogP contribution in [0.4, 0.5) is 25.8 Å². The number of hydrogen-bond acceptors (Lipinski definition) is 8. The van der Waals surface area contributed by atoms with Gasteiger partial charge >= 0.3 is 0 Å². The zero-order valence-corrected chi connectivity index (χ0v) is 24.0. The Labute approximate surface area is 235 Å². The van der Waals surface area contributed by atoms with Crippen molar-refractivity contribution in [1.82, 2.24) is 9.80 Å². The molecule has 0 aliphatic carbocycles. The molecule has 0 spiro atoms. The van der Waals surface area contributed by atoms with Gasteiger partial charge in [-0.05, 0) is 86.7 Å². The summed E-state index contributed by atoms with van der Waals surface area (Å²) in [5, 5.41) is 15.8. The molecule has 3 aromatic rings. The highest BCUT2D eigenvalue weighted by Crippen LogP contribution is 2.35. The third-order valence-corrected chi connectivity index (χ3v) is 6.26. The summed E-state index contributed by atoms with van der Waals surface area (Å²) in [7, 11) is 6.01. The number of rotatable bonds is 7. The predicted octanol–water partition coefficient (Wildman–Crippen LogP) is 6.14. The molecule has 0 saturated carbocycles. The Morgan fingerprint density at radius 1 is 1.10 bits per heavy atom. The summed E-state index contributed by atoms with van der Waals surface area (Å²) >= 11 is 0. The van der Waals surface area contributed by atoms with Crippen LogP contribution >= 0.6 is 0 Å². The summed E-state index contributed by atoms with van der Waals surface area (Å²) in [6.45, 7) is 7.88. The van der Waals surface area contributed by atoms with Crippen molar-refractivity contribution in [2.45, 2.75) is 26.8 Å². The quantitative estimate of drug-likeness (QED) is 0.182. The Kier molecular flexibility index (Phi) is 13.4. The highest BCUT2D eigenvalue weighted by Gasteiger charge is 2.19. The van der Waals surface area contributed by atoms with E-state index in [1.165, 1.54) is 31.2 Å². The van der Waals surface area contributed by atoms with E-state index in [9.17, 15) is 18.8 Å². The van der Waals surface area contributed by atoms with Gasteiger partial charge in [-0.15, -0.1) is 4.91 Å². The number of nitrogens with two attached hydrogens (primary N) is 1. The maximum Gasteiger partial charge on any atom is 0.146 e. The van der Waals surface area contributed by atoms with Gasteiger partial charge in [0, 0.05) is 43.5 Å². The van der Waals surface area contributed by atoms with Crippen LogP contribution in [-0.2, 0) is 11.3 Å². The molecule has 218 valence electrons. The van der Waals surface area contributed by atoms with Crippen LogP contribution in [0.15, 0.2) is 53.7 Å². The number of anilines is 2. The first-order valence-electron chi connectivity index (χ1n) is 13.2. The van der Waals surface area contributed by atoms with Crippen molar-refractivity contribution >= 4 is 17.1 Å². The van der Waals surface area contributed by atoms with Crippen molar-refractivity contribution in [2.75, 3.05) is 65.0 Å². The molecule has 40 heavy (non-hydrogen) atoms. The van der Waals surface area contributed by atoms with E-state index in [4.69, 9.17) is 10.5 Å². The first-order valence-corrected chi connectivity index (χ1v) is 13.2. The zero-order valence-electron chi connectivity index (χ0n) is 24.0. The first kappa shape index (κ1) is 32.6. The van der Waals surface area contributed by atoms with Crippen LogP contribution in [-0.4, -0.2) is 68.9 Å². The van der Waals surface area contributed by atoms with Gasteiger partial charge in [0.2, 0.25) is 0 Å². The van der Waals surface area contributed by atoms with Crippen molar-refractivity contribution in [3.8, 4) is 16.9 Å². The van der Waals surface area contributed by atoms with Gasteiger partial charge in [-0.3, -0.25) is 4.90 Å².